The number of halogens is 1. The number of nitrogens with one attached hydrogen (secondary N) is 1. The van der Waals surface area contributed by atoms with Crippen LogP contribution in [0, 0.1) is 6.92 Å². The highest BCUT2D eigenvalue weighted by molar-refractivity contribution is 9.10. The van der Waals surface area contributed by atoms with Crippen molar-refractivity contribution in [2.75, 3.05) is 11.9 Å². The molecule has 0 saturated heterocycles. The lowest BCUT2D eigenvalue weighted by Crippen LogP contribution is -2.10. The number of benzene rings is 2. The minimum Gasteiger partial charge on any atom is -0.478 e. The molecule has 4 heteroatoms. The van der Waals surface area contributed by atoms with Gasteiger partial charge in [-0.15, -0.1) is 0 Å². The molecule has 0 saturated carbocycles. The summed E-state index contributed by atoms with van der Waals surface area (Å²) in [5, 5.41) is 12.4. The van der Waals surface area contributed by atoms with E-state index in [1.165, 1.54) is 11.1 Å². The van der Waals surface area contributed by atoms with Crippen LogP contribution in [-0.2, 0) is 6.42 Å². The maximum atomic E-state index is 11.2. The first kappa shape index (κ1) is 14.6. The van der Waals surface area contributed by atoms with Crippen molar-refractivity contribution in [3.8, 4) is 0 Å². The van der Waals surface area contributed by atoms with E-state index in [1.807, 2.05) is 18.2 Å². The van der Waals surface area contributed by atoms with E-state index >= 15 is 0 Å². The summed E-state index contributed by atoms with van der Waals surface area (Å²) in [5.74, 6) is -0.926. The summed E-state index contributed by atoms with van der Waals surface area (Å²) >= 11 is 3.29. The molecular formula is C16H16BrNO2. The summed E-state index contributed by atoms with van der Waals surface area (Å²) in [6.07, 6.45) is 0.863. The topological polar surface area (TPSA) is 49.3 Å². The van der Waals surface area contributed by atoms with Crippen LogP contribution in [0.1, 0.15) is 21.5 Å². The summed E-state index contributed by atoms with van der Waals surface area (Å²) in [5.41, 5.74) is 3.45. The SMILES string of the molecule is Cc1ccccc1CCNc1ccc(Br)cc1C(=O)O. The average Bonchev–Trinajstić information content (AvgIpc) is 2.42. The Morgan fingerprint density at radius 1 is 1.25 bits per heavy atom. The number of carbonyl (C=O) groups is 1. The van der Waals surface area contributed by atoms with Crippen molar-refractivity contribution < 1.29 is 9.90 Å². The third-order valence-electron chi connectivity index (χ3n) is 3.18. The van der Waals surface area contributed by atoms with E-state index in [0.717, 1.165) is 10.9 Å². The molecule has 0 unspecified atom stereocenters. The smallest absolute Gasteiger partial charge is 0.337 e. The van der Waals surface area contributed by atoms with E-state index in [9.17, 15) is 9.90 Å². The Labute approximate surface area is 126 Å². The van der Waals surface area contributed by atoms with Gasteiger partial charge in [-0.1, -0.05) is 40.2 Å². The lowest BCUT2D eigenvalue weighted by Gasteiger charge is -2.11. The van der Waals surface area contributed by atoms with E-state index in [4.69, 9.17) is 0 Å². The summed E-state index contributed by atoms with van der Waals surface area (Å²) in [6, 6.07) is 13.4. The maximum Gasteiger partial charge on any atom is 0.337 e. The molecule has 0 spiro atoms. The molecule has 0 amide bonds. The van der Waals surface area contributed by atoms with E-state index in [0.29, 0.717) is 12.2 Å². The molecule has 0 aliphatic heterocycles. The summed E-state index contributed by atoms with van der Waals surface area (Å²) in [7, 11) is 0. The van der Waals surface area contributed by atoms with Crippen LogP contribution in [0.4, 0.5) is 5.69 Å². The van der Waals surface area contributed by atoms with Crippen LogP contribution in [0.2, 0.25) is 0 Å². The van der Waals surface area contributed by atoms with Crippen LogP contribution in [0.3, 0.4) is 0 Å². The predicted octanol–water partition coefficient (Wildman–Crippen LogP) is 4.11. The molecule has 20 heavy (non-hydrogen) atoms. The molecule has 0 radical (unpaired) electrons. The molecule has 2 aromatic rings. The molecule has 0 bridgehead atoms. The quantitative estimate of drug-likeness (QED) is 0.865. The van der Waals surface area contributed by atoms with Crippen molar-refractivity contribution in [3.05, 3.63) is 63.6 Å². The van der Waals surface area contributed by atoms with Gasteiger partial charge in [0.05, 0.1) is 5.56 Å². The Morgan fingerprint density at radius 3 is 2.70 bits per heavy atom. The van der Waals surface area contributed by atoms with E-state index in [2.05, 4.69) is 40.3 Å². The van der Waals surface area contributed by atoms with Crippen LogP contribution < -0.4 is 5.32 Å². The Morgan fingerprint density at radius 2 is 2.00 bits per heavy atom. The van der Waals surface area contributed by atoms with Gasteiger partial charge in [0.1, 0.15) is 0 Å². The van der Waals surface area contributed by atoms with E-state index in [-0.39, 0.29) is 5.56 Å². The van der Waals surface area contributed by atoms with E-state index < -0.39 is 5.97 Å². The lowest BCUT2D eigenvalue weighted by molar-refractivity contribution is 0.0698. The van der Waals surface area contributed by atoms with Crippen LogP contribution in [0.25, 0.3) is 0 Å². The number of aromatic carboxylic acids is 1. The minimum atomic E-state index is -0.926. The molecule has 2 aromatic carbocycles. The fraction of sp³-hybridized carbons (Fsp3) is 0.188. The number of aryl methyl sites for hydroxylation is 1. The Bertz CT molecular complexity index is 626. The highest BCUT2D eigenvalue weighted by Gasteiger charge is 2.10. The number of anilines is 1. The number of hydrogen-bond acceptors (Lipinski definition) is 2. The molecular weight excluding hydrogens is 318 g/mol. The normalized spacial score (nSPS) is 10.3. The molecule has 0 aromatic heterocycles. The van der Waals surface area contributed by atoms with Gasteiger partial charge in [0.2, 0.25) is 0 Å². The standard InChI is InChI=1S/C16H16BrNO2/c1-11-4-2-3-5-12(11)8-9-18-15-7-6-13(17)10-14(15)16(19)20/h2-7,10,18H,8-9H2,1H3,(H,19,20). The van der Waals surface area contributed by atoms with Gasteiger partial charge in [-0.3, -0.25) is 0 Å². The van der Waals surface area contributed by atoms with Crippen LogP contribution in [-0.4, -0.2) is 17.6 Å². The average molecular weight is 334 g/mol. The third kappa shape index (κ3) is 3.61. The largest absolute Gasteiger partial charge is 0.478 e. The molecule has 2 rings (SSSR count). The monoisotopic (exact) mass is 333 g/mol. The van der Waals surface area contributed by atoms with Crippen LogP contribution in [0.15, 0.2) is 46.9 Å². The second-order valence-corrected chi connectivity index (χ2v) is 5.51. The van der Waals surface area contributed by atoms with E-state index in [1.54, 1.807) is 12.1 Å². The zero-order chi connectivity index (χ0) is 14.5. The minimum absolute atomic E-state index is 0.282. The molecule has 104 valence electrons. The van der Waals surface area contributed by atoms with Gasteiger partial charge in [-0.05, 0) is 42.7 Å². The number of hydrogen-bond donors (Lipinski definition) is 2. The molecule has 0 atom stereocenters. The first-order valence-corrected chi connectivity index (χ1v) is 7.18. The summed E-state index contributed by atoms with van der Waals surface area (Å²) in [4.78, 5) is 11.2. The second-order valence-electron chi connectivity index (χ2n) is 4.60. The van der Waals surface area contributed by atoms with Crippen molar-refractivity contribution >= 4 is 27.6 Å². The zero-order valence-corrected chi connectivity index (χ0v) is 12.8. The fourth-order valence-electron chi connectivity index (χ4n) is 2.07. The Balaban J connectivity index is 2.05. The Kier molecular flexibility index (Phi) is 4.79. The molecule has 2 N–H and O–H groups in total. The van der Waals surface area contributed by atoms with Gasteiger partial charge in [0.15, 0.2) is 0 Å². The number of rotatable bonds is 5. The first-order valence-electron chi connectivity index (χ1n) is 6.39. The number of carboxylic acid groups (broad SMARTS) is 1. The van der Waals surface area contributed by atoms with Gasteiger partial charge >= 0.3 is 5.97 Å². The highest BCUT2D eigenvalue weighted by atomic mass is 79.9. The molecule has 0 aliphatic rings. The van der Waals surface area contributed by atoms with Gasteiger partial charge in [-0.2, -0.15) is 0 Å². The van der Waals surface area contributed by atoms with Crippen molar-refractivity contribution in [2.24, 2.45) is 0 Å². The maximum absolute atomic E-state index is 11.2. The highest BCUT2D eigenvalue weighted by Crippen LogP contribution is 2.21. The van der Waals surface area contributed by atoms with Crippen molar-refractivity contribution in [1.82, 2.24) is 0 Å². The molecule has 0 aliphatic carbocycles. The van der Waals surface area contributed by atoms with Gasteiger partial charge in [0.25, 0.3) is 0 Å². The van der Waals surface area contributed by atoms with Crippen LogP contribution >= 0.6 is 15.9 Å². The van der Waals surface area contributed by atoms with Gasteiger partial charge in [-0.25, -0.2) is 4.79 Å². The first-order chi connectivity index (χ1) is 9.58. The third-order valence-corrected chi connectivity index (χ3v) is 3.68. The van der Waals surface area contributed by atoms with Gasteiger partial charge < -0.3 is 10.4 Å². The van der Waals surface area contributed by atoms with Crippen molar-refractivity contribution in [3.63, 3.8) is 0 Å². The van der Waals surface area contributed by atoms with Crippen molar-refractivity contribution in [2.45, 2.75) is 13.3 Å². The van der Waals surface area contributed by atoms with Gasteiger partial charge in [0, 0.05) is 16.7 Å². The molecule has 3 nitrogen and oxygen atoms in total. The molecule has 0 heterocycles. The lowest BCUT2D eigenvalue weighted by atomic mass is 10.1. The number of carboxylic acids is 1. The predicted molar refractivity (Wildman–Crippen MR) is 84.5 cm³/mol. The fourth-order valence-corrected chi connectivity index (χ4v) is 2.43. The van der Waals surface area contributed by atoms with Crippen LogP contribution in [0.5, 0.6) is 0 Å². The second kappa shape index (κ2) is 6.57. The zero-order valence-electron chi connectivity index (χ0n) is 11.2. The summed E-state index contributed by atoms with van der Waals surface area (Å²) in [6.45, 7) is 2.78. The Hall–Kier alpha value is -1.81. The molecule has 0 fully saturated rings. The van der Waals surface area contributed by atoms with Crippen molar-refractivity contribution in [1.29, 1.82) is 0 Å². The summed E-state index contributed by atoms with van der Waals surface area (Å²) < 4.78 is 0.763.